The third-order valence-corrected chi connectivity index (χ3v) is 3.58. The normalized spacial score (nSPS) is 14.3. The molecule has 18 heavy (non-hydrogen) atoms. The van der Waals surface area contributed by atoms with Crippen LogP contribution in [0.4, 0.5) is 0 Å². The molecule has 0 spiro atoms. The number of nitrogens with one attached hydrogen (secondary N) is 1. The molecule has 0 saturated heterocycles. The number of nitrogens with zero attached hydrogens (tertiary/aromatic N) is 2. The minimum absolute atomic E-state index is 0.900. The maximum Gasteiger partial charge on any atom is 0.115 e. The highest BCUT2D eigenvalue weighted by molar-refractivity contribution is 5.34. The van der Waals surface area contributed by atoms with Crippen molar-refractivity contribution >= 4 is 0 Å². The van der Waals surface area contributed by atoms with Crippen molar-refractivity contribution in [3.8, 4) is 0 Å². The van der Waals surface area contributed by atoms with Gasteiger partial charge in [-0.05, 0) is 18.1 Å². The van der Waals surface area contributed by atoms with Gasteiger partial charge in [0.15, 0.2) is 0 Å². The number of aryl methyl sites for hydroxylation is 1. The van der Waals surface area contributed by atoms with Gasteiger partial charge in [0.1, 0.15) is 6.33 Å². The summed E-state index contributed by atoms with van der Waals surface area (Å²) in [4.78, 5) is 8.87. The number of hydrogen-bond acceptors (Lipinski definition) is 3. The number of benzene rings is 1. The number of hydrogen-bond donors (Lipinski definition) is 1. The average molecular weight is 239 g/mol. The molecule has 1 aromatic carbocycles. The minimum atomic E-state index is 0.900. The van der Waals surface area contributed by atoms with Crippen LogP contribution in [0.15, 0.2) is 30.6 Å². The first kappa shape index (κ1) is 11.4. The lowest BCUT2D eigenvalue weighted by Gasteiger charge is -2.18. The molecule has 3 nitrogen and oxygen atoms in total. The molecular formula is C15H17N3. The van der Waals surface area contributed by atoms with E-state index in [4.69, 9.17) is 0 Å². The highest BCUT2D eigenvalue weighted by Gasteiger charge is 2.15. The van der Waals surface area contributed by atoms with E-state index in [1.807, 2.05) is 0 Å². The van der Waals surface area contributed by atoms with Gasteiger partial charge < -0.3 is 5.32 Å². The number of rotatable bonds is 2. The largest absolute Gasteiger partial charge is 0.312 e. The molecule has 2 heterocycles. The molecule has 0 aliphatic carbocycles. The topological polar surface area (TPSA) is 37.8 Å². The van der Waals surface area contributed by atoms with Gasteiger partial charge in [-0.15, -0.1) is 0 Å². The predicted octanol–water partition coefficient (Wildman–Crippen LogP) is 2.02. The van der Waals surface area contributed by atoms with Crippen LogP contribution in [0, 0.1) is 6.92 Å². The second-order valence-corrected chi connectivity index (χ2v) is 4.78. The molecule has 3 heteroatoms. The summed E-state index contributed by atoms with van der Waals surface area (Å²) < 4.78 is 0. The Hall–Kier alpha value is -1.74. The molecule has 0 amide bonds. The molecule has 0 fully saturated rings. The van der Waals surface area contributed by atoms with E-state index in [-0.39, 0.29) is 0 Å². The number of fused-ring (bicyclic) bond motifs is 1. The molecule has 1 N–H and O–H groups in total. The number of aromatic nitrogens is 2. The van der Waals surface area contributed by atoms with Crippen molar-refractivity contribution in [3.05, 3.63) is 58.7 Å². The van der Waals surface area contributed by atoms with E-state index in [1.165, 1.54) is 28.1 Å². The summed E-state index contributed by atoms with van der Waals surface area (Å²) in [7, 11) is 0. The Morgan fingerprint density at radius 1 is 1.22 bits per heavy atom. The van der Waals surface area contributed by atoms with Gasteiger partial charge >= 0.3 is 0 Å². The summed E-state index contributed by atoms with van der Waals surface area (Å²) in [6.07, 6.45) is 3.62. The maximum absolute atomic E-state index is 4.48. The highest BCUT2D eigenvalue weighted by Crippen LogP contribution is 2.19. The molecule has 0 unspecified atom stereocenters. The monoisotopic (exact) mass is 239 g/mol. The Labute approximate surface area is 107 Å². The van der Waals surface area contributed by atoms with E-state index in [9.17, 15) is 0 Å². The molecule has 3 rings (SSSR count). The molecule has 92 valence electrons. The van der Waals surface area contributed by atoms with Crippen LogP contribution < -0.4 is 5.32 Å². The summed E-state index contributed by atoms with van der Waals surface area (Å²) >= 11 is 0. The Kier molecular flexibility index (Phi) is 3.07. The molecule has 1 aliphatic heterocycles. The predicted molar refractivity (Wildman–Crippen MR) is 71.4 cm³/mol. The minimum Gasteiger partial charge on any atom is -0.312 e. The zero-order valence-corrected chi connectivity index (χ0v) is 10.6. The molecule has 2 aromatic rings. The van der Waals surface area contributed by atoms with Crippen molar-refractivity contribution in [2.24, 2.45) is 0 Å². The summed E-state index contributed by atoms with van der Waals surface area (Å²) in [6.45, 7) is 4.08. The van der Waals surface area contributed by atoms with Gasteiger partial charge in [-0.2, -0.15) is 0 Å². The van der Waals surface area contributed by atoms with Crippen molar-refractivity contribution in [3.63, 3.8) is 0 Å². The van der Waals surface area contributed by atoms with E-state index >= 15 is 0 Å². The van der Waals surface area contributed by atoms with Gasteiger partial charge in [0.2, 0.25) is 0 Å². The fourth-order valence-electron chi connectivity index (χ4n) is 2.47. The van der Waals surface area contributed by atoms with Crippen molar-refractivity contribution < 1.29 is 0 Å². The third kappa shape index (κ3) is 2.14. The summed E-state index contributed by atoms with van der Waals surface area (Å²) in [6, 6.07) is 8.51. The molecule has 1 aromatic heterocycles. The zero-order valence-electron chi connectivity index (χ0n) is 10.6. The fourth-order valence-corrected chi connectivity index (χ4v) is 2.47. The quantitative estimate of drug-likeness (QED) is 0.871. The Bertz CT molecular complexity index is 563. The van der Waals surface area contributed by atoms with Gasteiger partial charge in [0, 0.05) is 37.2 Å². The van der Waals surface area contributed by atoms with E-state index in [1.54, 1.807) is 6.33 Å². The van der Waals surface area contributed by atoms with E-state index < -0.39 is 0 Å². The highest BCUT2D eigenvalue weighted by atomic mass is 14.9. The van der Waals surface area contributed by atoms with Gasteiger partial charge in [-0.25, -0.2) is 9.97 Å². The third-order valence-electron chi connectivity index (χ3n) is 3.58. The molecule has 0 saturated carbocycles. The van der Waals surface area contributed by atoms with Crippen molar-refractivity contribution in [1.82, 2.24) is 15.3 Å². The lowest BCUT2D eigenvalue weighted by atomic mass is 9.98. The van der Waals surface area contributed by atoms with Crippen LogP contribution in [0.5, 0.6) is 0 Å². The Balaban J connectivity index is 1.96. The molecular weight excluding hydrogens is 222 g/mol. The van der Waals surface area contributed by atoms with Crippen LogP contribution >= 0.6 is 0 Å². The average Bonchev–Trinajstić information content (AvgIpc) is 2.42. The summed E-state index contributed by atoms with van der Waals surface area (Å²) in [5.41, 5.74) is 6.36. The van der Waals surface area contributed by atoms with Crippen LogP contribution in [0.1, 0.15) is 28.1 Å². The molecule has 0 radical (unpaired) electrons. The van der Waals surface area contributed by atoms with Gasteiger partial charge in [0.25, 0.3) is 0 Å². The lowest BCUT2D eigenvalue weighted by Crippen LogP contribution is -2.26. The second kappa shape index (κ2) is 4.86. The van der Waals surface area contributed by atoms with E-state index in [0.717, 1.165) is 25.9 Å². The van der Waals surface area contributed by atoms with Crippen LogP contribution in [0.3, 0.4) is 0 Å². The first-order chi connectivity index (χ1) is 8.84. The van der Waals surface area contributed by atoms with Crippen LogP contribution in [-0.4, -0.2) is 16.5 Å². The van der Waals surface area contributed by atoms with Crippen LogP contribution in [-0.2, 0) is 19.4 Å². The zero-order chi connectivity index (χ0) is 12.4. The fraction of sp³-hybridized carbons (Fsp3) is 0.333. The smallest absolute Gasteiger partial charge is 0.115 e. The van der Waals surface area contributed by atoms with E-state index in [0.29, 0.717) is 0 Å². The second-order valence-electron chi connectivity index (χ2n) is 4.78. The van der Waals surface area contributed by atoms with Crippen LogP contribution in [0.2, 0.25) is 0 Å². The lowest BCUT2D eigenvalue weighted by molar-refractivity contribution is 0.618. The van der Waals surface area contributed by atoms with Crippen molar-refractivity contribution in [2.75, 3.05) is 6.54 Å². The standard InChI is InChI=1S/C15H17N3/c1-11-4-2-3-5-12(11)8-15-13-9-16-7-6-14(13)17-10-18-15/h2-5,10,16H,6-9H2,1H3. The first-order valence-electron chi connectivity index (χ1n) is 6.41. The maximum atomic E-state index is 4.48. The van der Waals surface area contributed by atoms with E-state index in [2.05, 4.69) is 46.5 Å². The summed E-state index contributed by atoms with van der Waals surface area (Å²) in [5.74, 6) is 0. The molecule has 0 bridgehead atoms. The van der Waals surface area contributed by atoms with Crippen molar-refractivity contribution in [1.29, 1.82) is 0 Å². The SMILES string of the molecule is Cc1ccccc1Cc1ncnc2c1CNCC2. The Morgan fingerprint density at radius 3 is 3.00 bits per heavy atom. The van der Waals surface area contributed by atoms with Gasteiger partial charge in [-0.1, -0.05) is 24.3 Å². The summed E-state index contributed by atoms with van der Waals surface area (Å²) in [5, 5.41) is 3.40. The first-order valence-corrected chi connectivity index (χ1v) is 6.41. The molecule has 1 aliphatic rings. The van der Waals surface area contributed by atoms with Gasteiger partial charge in [0.05, 0.1) is 5.69 Å². The van der Waals surface area contributed by atoms with Gasteiger partial charge in [-0.3, -0.25) is 0 Å². The van der Waals surface area contributed by atoms with Crippen LogP contribution in [0.25, 0.3) is 0 Å². The Morgan fingerprint density at radius 2 is 2.11 bits per heavy atom. The van der Waals surface area contributed by atoms with Crippen molar-refractivity contribution in [2.45, 2.75) is 26.3 Å². The molecule has 0 atom stereocenters.